The molecule has 0 spiro atoms. The Labute approximate surface area is 87.8 Å². The Morgan fingerprint density at radius 3 is 2.13 bits per heavy atom. The number of carbonyl (C=O) groups is 2. The lowest BCUT2D eigenvalue weighted by Crippen LogP contribution is -2.38. The number of rotatable bonds is 5. The van der Waals surface area contributed by atoms with E-state index >= 15 is 0 Å². The highest BCUT2D eigenvalue weighted by molar-refractivity contribution is 5.81. The number of aliphatic imine (C=N–C) groups is 1. The Bertz CT molecular complexity index is 292. The molecule has 0 bridgehead atoms. The molecule has 0 aromatic carbocycles. The summed E-state index contributed by atoms with van der Waals surface area (Å²) in [5.41, 5.74) is 4.33. The molecule has 0 radical (unpaired) electrons. The van der Waals surface area contributed by atoms with Crippen molar-refractivity contribution in [3.8, 4) is 0 Å². The van der Waals surface area contributed by atoms with Crippen LogP contribution in [0.15, 0.2) is 4.99 Å². The summed E-state index contributed by atoms with van der Waals surface area (Å²) in [5.74, 6) is -3.21. The Balaban J connectivity index is 4.98. The smallest absolute Gasteiger partial charge is 0.309 e. The van der Waals surface area contributed by atoms with Crippen LogP contribution in [0.1, 0.15) is 27.2 Å². The summed E-state index contributed by atoms with van der Waals surface area (Å²) in [5, 5.41) is 17.5. The van der Waals surface area contributed by atoms with Crippen LogP contribution in [0.5, 0.6) is 0 Å². The second kappa shape index (κ2) is 4.77. The topological polar surface area (TPSA) is 113 Å². The van der Waals surface area contributed by atoms with Crippen LogP contribution in [-0.4, -0.2) is 33.5 Å². The molecule has 1 unspecified atom stereocenters. The van der Waals surface area contributed by atoms with E-state index in [9.17, 15) is 9.59 Å². The quantitative estimate of drug-likeness (QED) is 0.452. The van der Waals surface area contributed by atoms with E-state index in [1.165, 1.54) is 6.92 Å². The molecular formula is C9H16N2O4. The number of carboxylic acids is 2. The van der Waals surface area contributed by atoms with E-state index in [-0.39, 0.29) is 5.84 Å². The predicted molar refractivity (Wildman–Crippen MR) is 54.8 cm³/mol. The molecular weight excluding hydrogens is 200 g/mol. The van der Waals surface area contributed by atoms with E-state index in [1.807, 2.05) is 0 Å². The fourth-order valence-electron chi connectivity index (χ4n) is 1.35. The largest absolute Gasteiger partial charge is 0.481 e. The van der Waals surface area contributed by atoms with Crippen LogP contribution < -0.4 is 5.73 Å². The van der Waals surface area contributed by atoms with Gasteiger partial charge in [0.15, 0.2) is 0 Å². The molecule has 0 amide bonds. The summed E-state index contributed by atoms with van der Waals surface area (Å²) in [6.45, 7) is 4.62. The SMILES string of the molecule is CC(N)=NC(C)(C)C(CC(=O)O)C(=O)O. The molecule has 0 rings (SSSR count). The van der Waals surface area contributed by atoms with Crippen molar-refractivity contribution in [1.82, 2.24) is 0 Å². The number of carboxylic acid groups (broad SMARTS) is 2. The van der Waals surface area contributed by atoms with E-state index in [1.54, 1.807) is 13.8 Å². The molecule has 0 fully saturated rings. The average molecular weight is 216 g/mol. The summed E-state index contributed by atoms with van der Waals surface area (Å²) in [7, 11) is 0. The first kappa shape index (κ1) is 13.4. The maximum absolute atomic E-state index is 10.9. The van der Waals surface area contributed by atoms with Crippen LogP contribution in [0.3, 0.4) is 0 Å². The molecule has 0 heterocycles. The van der Waals surface area contributed by atoms with Crippen LogP contribution in [0.2, 0.25) is 0 Å². The zero-order chi connectivity index (χ0) is 12.2. The number of hydrogen-bond donors (Lipinski definition) is 3. The first-order chi connectivity index (χ1) is 6.66. The van der Waals surface area contributed by atoms with Crippen molar-refractivity contribution in [2.45, 2.75) is 32.7 Å². The van der Waals surface area contributed by atoms with Crippen molar-refractivity contribution in [3.05, 3.63) is 0 Å². The first-order valence-electron chi connectivity index (χ1n) is 4.43. The number of aliphatic carboxylic acids is 2. The van der Waals surface area contributed by atoms with Crippen molar-refractivity contribution in [3.63, 3.8) is 0 Å². The van der Waals surface area contributed by atoms with Crippen LogP contribution in [-0.2, 0) is 9.59 Å². The maximum atomic E-state index is 10.9. The zero-order valence-corrected chi connectivity index (χ0v) is 9.02. The summed E-state index contributed by atoms with van der Waals surface area (Å²) in [6, 6.07) is 0. The van der Waals surface area contributed by atoms with Gasteiger partial charge in [-0.05, 0) is 20.8 Å². The Kier molecular flexibility index (Phi) is 4.26. The van der Waals surface area contributed by atoms with Crippen molar-refractivity contribution < 1.29 is 19.8 Å². The third kappa shape index (κ3) is 4.44. The monoisotopic (exact) mass is 216 g/mol. The van der Waals surface area contributed by atoms with Gasteiger partial charge in [0.2, 0.25) is 0 Å². The molecule has 6 nitrogen and oxygen atoms in total. The van der Waals surface area contributed by atoms with E-state index < -0.39 is 29.8 Å². The van der Waals surface area contributed by atoms with E-state index in [0.29, 0.717) is 0 Å². The summed E-state index contributed by atoms with van der Waals surface area (Å²) < 4.78 is 0. The summed E-state index contributed by atoms with van der Waals surface area (Å²) in [6.07, 6.45) is -0.473. The van der Waals surface area contributed by atoms with Crippen molar-refractivity contribution >= 4 is 17.8 Å². The van der Waals surface area contributed by atoms with Gasteiger partial charge in [0.05, 0.1) is 23.7 Å². The lowest BCUT2D eigenvalue weighted by molar-refractivity contribution is -0.150. The average Bonchev–Trinajstić information content (AvgIpc) is 1.96. The lowest BCUT2D eigenvalue weighted by Gasteiger charge is -2.26. The van der Waals surface area contributed by atoms with Crippen LogP contribution in [0.25, 0.3) is 0 Å². The lowest BCUT2D eigenvalue weighted by atomic mass is 9.85. The number of nitrogens with two attached hydrogens (primary N) is 1. The number of hydrogen-bond acceptors (Lipinski definition) is 3. The fraction of sp³-hybridized carbons (Fsp3) is 0.667. The summed E-state index contributed by atoms with van der Waals surface area (Å²) in [4.78, 5) is 25.3. The van der Waals surface area contributed by atoms with E-state index in [4.69, 9.17) is 15.9 Å². The molecule has 4 N–H and O–H groups in total. The molecule has 0 aliphatic carbocycles. The minimum absolute atomic E-state index is 0.233. The minimum Gasteiger partial charge on any atom is -0.481 e. The number of amidine groups is 1. The van der Waals surface area contributed by atoms with Crippen molar-refractivity contribution in [1.29, 1.82) is 0 Å². The normalized spacial score (nSPS) is 14.7. The molecule has 0 aromatic rings. The van der Waals surface area contributed by atoms with Gasteiger partial charge in [-0.2, -0.15) is 0 Å². The standard InChI is InChI=1S/C9H16N2O4/c1-5(10)11-9(2,3)6(8(14)15)4-7(12)13/h6H,4H2,1-3H3,(H2,10,11)(H,12,13)(H,14,15). The van der Waals surface area contributed by atoms with Gasteiger partial charge < -0.3 is 15.9 Å². The zero-order valence-electron chi connectivity index (χ0n) is 9.02. The molecule has 0 saturated heterocycles. The van der Waals surface area contributed by atoms with Gasteiger partial charge in [-0.1, -0.05) is 0 Å². The molecule has 0 saturated carbocycles. The molecule has 0 aliphatic heterocycles. The molecule has 15 heavy (non-hydrogen) atoms. The van der Waals surface area contributed by atoms with Gasteiger partial charge in [0.25, 0.3) is 0 Å². The molecule has 6 heteroatoms. The first-order valence-corrected chi connectivity index (χ1v) is 4.43. The van der Waals surface area contributed by atoms with Crippen molar-refractivity contribution in [2.24, 2.45) is 16.6 Å². The van der Waals surface area contributed by atoms with Crippen LogP contribution in [0.4, 0.5) is 0 Å². The third-order valence-electron chi connectivity index (χ3n) is 1.99. The Hall–Kier alpha value is -1.59. The second-order valence-electron chi connectivity index (χ2n) is 3.90. The fourth-order valence-corrected chi connectivity index (χ4v) is 1.35. The van der Waals surface area contributed by atoms with Gasteiger partial charge >= 0.3 is 11.9 Å². The van der Waals surface area contributed by atoms with E-state index in [2.05, 4.69) is 4.99 Å². The van der Waals surface area contributed by atoms with Crippen LogP contribution in [0, 0.1) is 5.92 Å². The van der Waals surface area contributed by atoms with Gasteiger partial charge in [0.1, 0.15) is 0 Å². The number of nitrogens with zero attached hydrogens (tertiary/aromatic N) is 1. The Morgan fingerprint density at radius 1 is 1.40 bits per heavy atom. The van der Waals surface area contributed by atoms with E-state index in [0.717, 1.165) is 0 Å². The maximum Gasteiger partial charge on any atom is 0.309 e. The molecule has 86 valence electrons. The summed E-state index contributed by atoms with van der Waals surface area (Å²) >= 11 is 0. The highest BCUT2D eigenvalue weighted by atomic mass is 16.4. The second-order valence-corrected chi connectivity index (χ2v) is 3.90. The molecule has 0 aromatic heterocycles. The van der Waals surface area contributed by atoms with Gasteiger partial charge in [-0.25, -0.2) is 0 Å². The highest BCUT2D eigenvalue weighted by Crippen LogP contribution is 2.25. The molecule has 1 atom stereocenters. The van der Waals surface area contributed by atoms with Gasteiger partial charge in [-0.3, -0.25) is 14.6 Å². The predicted octanol–water partition coefficient (Wildman–Crippen LogP) is 0.318. The minimum atomic E-state index is -1.19. The van der Waals surface area contributed by atoms with Gasteiger partial charge in [0, 0.05) is 0 Å². The van der Waals surface area contributed by atoms with Crippen molar-refractivity contribution in [2.75, 3.05) is 0 Å². The Morgan fingerprint density at radius 2 is 1.87 bits per heavy atom. The third-order valence-corrected chi connectivity index (χ3v) is 1.99. The highest BCUT2D eigenvalue weighted by Gasteiger charge is 2.36. The van der Waals surface area contributed by atoms with Gasteiger partial charge in [-0.15, -0.1) is 0 Å². The molecule has 0 aliphatic rings. The van der Waals surface area contributed by atoms with Crippen LogP contribution >= 0.6 is 0 Å².